The first-order valence-electron chi connectivity index (χ1n) is 5.36. The highest BCUT2D eigenvalue weighted by Crippen LogP contribution is 2.30. The summed E-state index contributed by atoms with van der Waals surface area (Å²) in [5.74, 6) is 1.68. The predicted octanol–water partition coefficient (Wildman–Crippen LogP) is 1.78. The van der Waals surface area contributed by atoms with Gasteiger partial charge in [0.2, 0.25) is 0 Å². The van der Waals surface area contributed by atoms with Gasteiger partial charge in [0.25, 0.3) is 0 Å². The van der Waals surface area contributed by atoms with Gasteiger partial charge in [0.05, 0.1) is 7.11 Å². The molecule has 82 valence electrons. The second-order valence-corrected chi connectivity index (χ2v) is 4.27. The summed E-state index contributed by atoms with van der Waals surface area (Å²) in [7, 11) is 1.67. The summed E-state index contributed by atoms with van der Waals surface area (Å²) in [6, 6.07) is 6.45. The molecular formula is C12H18N2O. The normalized spacial score (nSPS) is 23.9. The van der Waals surface area contributed by atoms with Gasteiger partial charge in [0.15, 0.2) is 0 Å². The Morgan fingerprint density at radius 2 is 2.27 bits per heavy atom. The largest absolute Gasteiger partial charge is 0.497 e. The van der Waals surface area contributed by atoms with Crippen molar-refractivity contribution in [3.63, 3.8) is 0 Å². The molecule has 15 heavy (non-hydrogen) atoms. The molecule has 1 aromatic rings. The highest BCUT2D eigenvalue weighted by atomic mass is 16.5. The number of hydrogen-bond donors (Lipinski definition) is 2. The summed E-state index contributed by atoms with van der Waals surface area (Å²) >= 11 is 0. The van der Waals surface area contributed by atoms with Crippen molar-refractivity contribution >= 4 is 5.69 Å². The molecule has 2 unspecified atom stereocenters. The van der Waals surface area contributed by atoms with Gasteiger partial charge in [-0.2, -0.15) is 0 Å². The van der Waals surface area contributed by atoms with Crippen LogP contribution < -0.4 is 15.8 Å². The van der Waals surface area contributed by atoms with Crippen LogP contribution in [0.1, 0.15) is 18.9 Å². The number of ether oxygens (including phenoxy) is 1. The fourth-order valence-corrected chi connectivity index (χ4v) is 1.71. The lowest BCUT2D eigenvalue weighted by Crippen LogP contribution is -2.17. The third-order valence-electron chi connectivity index (χ3n) is 3.01. The Hall–Kier alpha value is -1.22. The Morgan fingerprint density at radius 3 is 2.87 bits per heavy atom. The predicted molar refractivity (Wildman–Crippen MR) is 61.8 cm³/mol. The van der Waals surface area contributed by atoms with E-state index in [1.165, 1.54) is 6.42 Å². The minimum atomic E-state index is 0.676. The Kier molecular flexibility index (Phi) is 2.82. The van der Waals surface area contributed by atoms with Gasteiger partial charge in [-0.15, -0.1) is 0 Å². The number of nitrogen functional groups attached to an aromatic ring is 1. The molecule has 3 nitrogen and oxygen atoms in total. The van der Waals surface area contributed by atoms with Gasteiger partial charge >= 0.3 is 0 Å². The molecule has 3 heteroatoms. The SMILES string of the molecule is COc1ccc(N)c(CNC2CC2C)c1. The van der Waals surface area contributed by atoms with Crippen molar-refractivity contribution in [1.29, 1.82) is 0 Å². The van der Waals surface area contributed by atoms with Crippen molar-refractivity contribution in [2.24, 2.45) is 5.92 Å². The van der Waals surface area contributed by atoms with E-state index < -0.39 is 0 Å². The summed E-state index contributed by atoms with van der Waals surface area (Å²) < 4.78 is 5.17. The van der Waals surface area contributed by atoms with Crippen LogP contribution >= 0.6 is 0 Å². The zero-order valence-electron chi connectivity index (χ0n) is 9.29. The molecule has 2 rings (SSSR count). The maximum atomic E-state index is 5.89. The quantitative estimate of drug-likeness (QED) is 0.738. The number of anilines is 1. The van der Waals surface area contributed by atoms with E-state index in [1.54, 1.807) is 7.11 Å². The minimum Gasteiger partial charge on any atom is -0.497 e. The van der Waals surface area contributed by atoms with Gasteiger partial charge in [0, 0.05) is 18.3 Å². The Labute approximate surface area is 90.6 Å². The van der Waals surface area contributed by atoms with Crippen LogP contribution in [0.3, 0.4) is 0 Å². The van der Waals surface area contributed by atoms with Crippen LogP contribution in [-0.4, -0.2) is 13.2 Å². The molecule has 2 atom stereocenters. The first-order chi connectivity index (χ1) is 7.20. The molecule has 0 amide bonds. The lowest BCUT2D eigenvalue weighted by Gasteiger charge is -2.09. The Morgan fingerprint density at radius 1 is 1.53 bits per heavy atom. The summed E-state index contributed by atoms with van der Waals surface area (Å²) in [6.07, 6.45) is 1.28. The molecule has 0 bridgehead atoms. The van der Waals surface area contributed by atoms with Crippen LogP contribution in [0, 0.1) is 5.92 Å². The number of rotatable bonds is 4. The van der Waals surface area contributed by atoms with Gasteiger partial charge in [-0.25, -0.2) is 0 Å². The van der Waals surface area contributed by atoms with Gasteiger partial charge in [-0.3, -0.25) is 0 Å². The molecule has 0 saturated heterocycles. The van der Waals surface area contributed by atoms with Crippen LogP contribution in [0.4, 0.5) is 5.69 Å². The zero-order chi connectivity index (χ0) is 10.8. The lowest BCUT2D eigenvalue weighted by molar-refractivity contribution is 0.414. The smallest absolute Gasteiger partial charge is 0.119 e. The van der Waals surface area contributed by atoms with E-state index >= 15 is 0 Å². The van der Waals surface area contributed by atoms with Gasteiger partial charge in [-0.05, 0) is 36.1 Å². The van der Waals surface area contributed by atoms with E-state index in [0.29, 0.717) is 6.04 Å². The first kappa shape index (κ1) is 10.3. The van der Waals surface area contributed by atoms with E-state index in [0.717, 1.165) is 29.5 Å². The fraction of sp³-hybridized carbons (Fsp3) is 0.500. The molecule has 1 saturated carbocycles. The fourth-order valence-electron chi connectivity index (χ4n) is 1.71. The van der Waals surface area contributed by atoms with Crippen LogP contribution in [0.2, 0.25) is 0 Å². The van der Waals surface area contributed by atoms with Crippen molar-refractivity contribution in [2.45, 2.75) is 25.9 Å². The lowest BCUT2D eigenvalue weighted by atomic mass is 10.1. The van der Waals surface area contributed by atoms with Crippen molar-refractivity contribution in [2.75, 3.05) is 12.8 Å². The van der Waals surface area contributed by atoms with Gasteiger partial charge in [0.1, 0.15) is 5.75 Å². The Bertz CT molecular complexity index is 351. The van der Waals surface area contributed by atoms with E-state index in [4.69, 9.17) is 10.5 Å². The maximum Gasteiger partial charge on any atom is 0.119 e. The number of nitrogens with one attached hydrogen (secondary N) is 1. The molecule has 0 radical (unpaired) electrons. The van der Waals surface area contributed by atoms with Crippen molar-refractivity contribution < 1.29 is 4.74 Å². The van der Waals surface area contributed by atoms with Crippen molar-refractivity contribution in [3.05, 3.63) is 23.8 Å². The average molecular weight is 206 g/mol. The van der Waals surface area contributed by atoms with Crippen LogP contribution in [0.25, 0.3) is 0 Å². The standard InChI is InChI=1S/C12H18N2O/c1-8-5-12(8)14-7-9-6-10(15-2)3-4-11(9)13/h3-4,6,8,12,14H,5,7,13H2,1-2H3. The summed E-state index contributed by atoms with van der Waals surface area (Å²) in [5, 5.41) is 3.48. The molecule has 1 aliphatic rings. The molecular weight excluding hydrogens is 188 g/mol. The molecule has 0 aromatic heterocycles. The van der Waals surface area contributed by atoms with E-state index in [1.807, 2.05) is 18.2 Å². The molecule has 1 fully saturated rings. The summed E-state index contributed by atoms with van der Waals surface area (Å²) in [6.45, 7) is 3.09. The van der Waals surface area contributed by atoms with E-state index in [2.05, 4.69) is 12.2 Å². The van der Waals surface area contributed by atoms with E-state index in [-0.39, 0.29) is 0 Å². The number of benzene rings is 1. The molecule has 0 heterocycles. The molecule has 3 N–H and O–H groups in total. The zero-order valence-corrected chi connectivity index (χ0v) is 9.29. The number of hydrogen-bond acceptors (Lipinski definition) is 3. The third-order valence-corrected chi connectivity index (χ3v) is 3.01. The van der Waals surface area contributed by atoms with Crippen molar-refractivity contribution in [1.82, 2.24) is 5.32 Å². The highest BCUT2D eigenvalue weighted by Gasteiger charge is 2.31. The van der Waals surface area contributed by atoms with Gasteiger partial charge in [-0.1, -0.05) is 6.92 Å². The molecule has 0 spiro atoms. The summed E-state index contributed by atoms with van der Waals surface area (Å²) in [5.41, 5.74) is 7.84. The second-order valence-electron chi connectivity index (χ2n) is 4.27. The molecule has 1 aliphatic carbocycles. The number of nitrogens with two attached hydrogens (primary N) is 1. The van der Waals surface area contributed by atoms with Gasteiger partial charge < -0.3 is 15.8 Å². The summed E-state index contributed by atoms with van der Waals surface area (Å²) in [4.78, 5) is 0. The Balaban J connectivity index is 1.99. The monoisotopic (exact) mass is 206 g/mol. The molecule has 0 aliphatic heterocycles. The van der Waals surface area contributed by atoms with Crippen molar-refractivity contribution in [3.8, 4) is 5.75 Å². The topological polar surface area (TPSA) is 47.3 Å². The third kappa shape index (κ3) is 2.42. The van der Waals surface area contributed by atoms with Crippen LogP contribution in [0.15, 0.2) is 18.2 Å². The molecule has 1 aromatic carbocycles. The van der Waals surface area contributed by atoms with Crippen LogP contribution in [0.5, 0.6) is 5.75 Å². The average Bonchev–Trinajstić information content (AvgIpc) is 2.94. The first-order valence-corrected chi connectivity index (χ1v) is 5.36. The van der Waals surface area contributed by atoms with Crippen LogP contribution in [-0.2, 0) is 6.54 Å². The highest BCUT2D eigenvalue weighted by molar-refractivity contribution is 5.50. The minimum absolute atomic E-state index is 0.676. The number of methoxy groups -OCH3 is 1. The second kappa shape index (κ2) is 4.11. The van der Waals surface area contributed by atoms with E-state index in [9.17, 15) is 0 Å². The maximum absolute atomic E-state index is 5.89.